The fourth-order valence-corrected chi connectivity index (χ4v) is 3.04. The molecule has 0 spiro atoms. The molecule has 0 aliphatic carbocycles. The van der Waals surface area contributed by atoms with Crippen molar-refractivity contribution in [3.05, 3.63) is 28.2 Å². The number of nitrogens with zero attached hydrogens (tertiary/aromatic N) is 1. The molecule has 7 heteroatoms. The van der Waals surface area contributed by atoms with Crippen LogP contribution in [-0.4, -0.2) is 20.1 Å². The minimum Gasteiger partial charge on any atom is -0.282 e. The third-order valence-corrected chi connectivity index (χ3v) is 4.28. The Hall–Kier alpha value is -0.770. The van der Waals surface area contributed by atoms with E-state index in [9.17, 15) is 8.42 Å². The molecular weight excluding hydrogens is 340 g/mol. The smallest absolute Gasteiger partial charge is 0.232 e. The molecule has 0 bridgehead atoms. The summed E-state index contributed by atoms with van der Waals surface area (Å²) in [5.74, 6) is 0.437. The van der Waals surface area contributed by atoms with Gasteiger partial charge in [0, 0.05) is 10.4 Å². The third kappa shape index (κ3) is 4.84. The summed E-state index contributed by atoms with van der Waals surface area (Å²) < 4.78 is 26.7. The number of hydrogen-bond acceptors (Lipinski definition) is 3. The van der Waals surface area contributed by atoms with Crippen molar-refractivity contribution in [3.8, 4) is 6.07 Å². The van der Waals surface area contributed by atoms with Crippen LogP contribution in [0.4, 0.5) is 5.69 Å². The first-order valence-electron chi connectivity index (χ1n) is 5.24. The van der Waals surface area contributed by atoms with Crippen LogP contribution < -0.4 is 4.72 Å². The lowest BCUT2D eigenvalue weighted by Crippen LogP contribution is -2.17. The fraction of sp³-hybridized carbons (Fsp3) is 0.364. The van der Waals surface area contributed by atoms with Crippen LogP contribution in [0, 0.1) is 11.3 Å². The predicted octanol–water partition coefficient (Wildman–Crippen LogP) is 3.08. The van der Waals surface area contributed by atoms with Gasteiger partial charge in [0.15, 0.2) is 0 Å². The minimum atomic E-state index is -3.44. The Morgan fingerprint density at radius 2 is 2.11 bits per heavy atom. The van der Waals surface area contributed by atoms with Crippen molar-refractivity contribution in [2.45, 2.75) is 12.8 Å². The number of unbranched alkanes of at least 4 members (excludes halogenated alkanes) is 1. The molecule has 0 amide bonds. The largest absolute Gasteiger partial charge is 0.282 e. The van der Waals surface area contributed by atoms with E-state index in [1.165, 1.54) is 0 Å². The molecule has 0 radical (unpaired) electrons. The summed E-state index contributed by atoms with van der Waals surface area (Å²) in [5, 5.41) is 8.90. The third-order valence-electron chi connectivity index (χ3n) is 2.16. The molecule has 0 saturated carbocycles. The first kappa shape index (κ1) is 15.3. The van der Waals surface area contributed by atoms with Gasteiger partial charge >= 0.3 is 0 Å². The molecule has 0 fully saturated rings. The second-order valence-corrected chi connectivity index (χ2v) is 6.75. The number of halogens is 2. The zero-order chi connectivity index (χ0) is 13.6. The van der Waals surface area contributed by atoms with E-state index >= 15 is 0 Å². The number of nitriles is 1. The summed E-state index contributed by atoms with van der Waals surface area (Å²) in [6.45, 7) is 0. The topological polar surface area (TPSA) is 70.0 Å². The summed E-state index contributed by atoms with van der Waals surface area (Å²) in [7, 11) is -3.44. The van der Waals surface area contributed by atoms with Crippen molar-refractivity contribution in [1.82, 2.24) is 0 Å². The van der Waals surface area contributed by atoms with E-state index in [-0.39, 0.29) is 11.4 Å². The number of benzene rings is 1. The maximum absolute atomic E-state index is 11.8. The minimum absolute atomic E-state index is 0.00288. The average Bonchev–Trinajstić information content (AvgIpc) is 2.29. The van der Waals surface area contributed by atoms with Gasteiger partial charge in [-0.15, -0.1) is 11.6 Å². The molecule has 18 heavy (non-hydrogen) atoms. The lowest BCUT2D eigenvalue weighted by molar-refractivity contribution is 0.598. The summed E-state index contributed by atoms with van der Waals surface area (Å²) in [4.78, 5) is 0. The first-order valence-corrected chi connectivity index (χ1v) is 8.22. The molecule has 0 unspecified atom stereocenters. The van der Waals surface area contributed by atoms with Crippen LogP contribution in [0.1, 0.15) is 18.4 Å². The number of rotatable bonds is 6. The average molecular weight is 352 g/mol. The summed E-state index contributed by atoms with van der Waals surface area (Å²) in [5.41, 5.74) is 0.580. The van der Waals surface area contributed by atoms with E-state index in [0.717, 1.165) is 0 Å². The Morgan fingerprint density at radius 1 is 1.39 bits per heavy atom. The molecule has 0 atom stereocenters. The summed E-state index contributed by atoms with van der Waals surface area (Å²) in [6, 6.07) is 6.75. The van der Waals surface area contributed by atoms with Crippen LogP contribution >= 0.6 is 27.5 Å². The van der Waals surface area contributed by atoms with Crippen molar-refractivity contribution in [2.75, 3.05) is 16.4 Å². The Bertz CT molecular complexity index is 555. The number of hydrogen-bond donors (Lipinski definition) is 1. The SMILES string of the molecule is N#Cc1ccc(Br)cc1NS(=O)(=O)CCCCCl. The Balaban J connectivity index is 2.84. The molecule has 0 aliphatic heterocycles. The molecule has 0 aromatic heterocycles. The highest BCUT2D eigenvalue weighted by Gasteiger charge is 2.13. The van der Waals surface area contributed by atoms with Gasteiger partial charge in [-0.2, -0.15) is 5.26 Å². The molecule has 1 aromatic rings. The van der Waals surface area contributed by atoms with Crippen molar-refractivity contribution in [2.24, 2.45) is 0 Å². The maximum atomic E-state index is 11.8. The van der Waals surface area contributed by atoms with Crippen LogP contribution in [0.25, 0.3) is 0 Å². The molecule has 98 valence electrons. The van der Waals surface area contributed by atoms with Crippen molar-refractivity contribution in [3.63, 3.8) is 0 Å². The second kappa shape index (κ2) is 6.98. The van der Waals surface area contributed by atoms with E-state index in [1.807, 2.05) is 6.07 Å². The Labute approximate surface area is 120 Å². The van der Waals surface area contributed by atoms with Crippen LogP contribution in [-0.2, 0) is 10.0 Å². The molecule has 0 heterocycles. The monoisotopic (exact) mass is 350 g/mol. The van der Waals surface area contributed by atoms with Crippen LogP contribution in [0.2, 0.25) is 0 Å². The van der Waals surface area contributed by atoms with E-state index in [1.54, 1.807) is 18.2 Å². The molecular formula is C11H12BrClN2O2S. The van der Waals surface area contributed by atoms with Gasteiger partial charge in [-0.25, -0.2) is 8.42 Å². The number of sulfonamides is 1. The van der Waals surface area contributed by atoms with Gasteiger partial charge in [-0.3, -0.25) is 4.72 Å². The van der Waals surface area contributed by atoms with Gasteiger partial charge < -0.3 is 0 Å². The second-order valence-electron chi connectivity index (χ2n) is 3.62. The Morgan fingerprint density at radius 3 is 2.72 bits per heavy atom. The van der Waals surface area contributed by atoms with Gasteiger partial charge in [-0.1, -0.05) is 15.9 Å². The standard InChI is InChI=1S/C11H12BrClN2O2S/c12-10-4-3-9(8-14)11(7-10)15-18(16,17)6-2-1-5-13/h3-4,7,15H,1-2,5-6H2. The Kier molecular flexibility index (Phi) is 5.93. The highest BCUT2D eigenvalue weighted by molar-refractivity contribution is 9.10. The van der Waals surface area contributed by atoms with Crippen molar-refractivity contribution in [1.29, 1.82) is 5.26 Å². The van der Waals surface area contributed by atoms with E-state index < -0.39 is 10.0 Å². The highest BCUT2D eigenvalue weighted by Crippen LogP contribution is 2.22. The maximum Gasteiger partial charge on any atom is 0.232 e. The molecule has 1 N–H and O–H groups in total. The lowest BCUT2D eigenvalue weighted by atomic mass is 10.2. The quantitative estimate of drug-likeness (QED) is 0.632. The van der Waals surface area contributed by atoms with Gasteiger partial charge in [0.2, 0.25) is 10.0 Å². The molecule has 4 nitrogen and oxygen atoms in total. The fourth-order valence-electron chi connectivity index (χ4n) is 1.30. The van der Waals surface area contributed by atoms with Gasteiger partial charge in [0.25, 0.3) is 0 Å². The molecule has 1 aromatic carbocycles. The highest BCUT2D eigenvalue weighted by atomic mass is 79.9. The molecule has 1 rings (SSSR count). The molecule has 0 saturated heterocycles. The van der Waals surface area contributed by atoms with Crippen LogP contribution in [0.3, 0.4) is 0 Å². The molecule has 0 aliphatic rings. The van der Waals surface area contributed by atoms with E-state index in [0.29, 0.717) is 28.8 Å². The van der Waals surface area contributed by atoms with Gasteiger partial charge in [-0.05, 0) is 31.0 Å². The van der Waals surface area contributed by atoms with Crippen molar-refractivity contribution < 1.29 is 8.42 Å². The summed E-state index contributed by atoms with van der Waals surface area (Å²) >= 11 is 8.73. The van der Waals surface area contributed by atoms with Crippen LogP contribution in [0.5, 0.6) is 0 Å². The summed E-state index contributed by atoms with van der Waals surface area (Å²) in [6.07, 6.45) is 1.14. The van der Waals surface area contributed by atoms with Crippen molar-refractivity contribution >= 4 is 43.2 Å². The van der Waals surface area contributed by atoms with E-state index in [2.05, 4.69) is 20.7 Å². The number of anilines is 1. The predicted molar refractivity (Wildman–Crippen MR) is 76.2 cm³/mol. The number of nitrogens with one attached hydrogen (secondary N) is 1. The van der Waals surface area contributed by atoms with Crippen LogP contribution in [0.15, 0.2) is 22.7 Å². The lowest BCUT2D eigenvalue weighted by Gasteiger charge is -2.09. The van der Waals surface area contributed by atoms with E-state index in [4.69, 9.17) is 16.9 Å². The zero-order valence-corrected chi connectivity index (χ0v) is 12.6. The van der Waals surface area contributed by atoms with Gasteiger partial charge in [0.05, 0.1) is 17.0 Å². The van der Waals surface area contributed by atoms with Gasteiger partial charge in [0.1, 0.15) is 6.07 Å². The normalized spacial score (nSPS) is 10.9. The zero-order valence-electron chi connectivity index (χ0n) is 9.49. The number of alkyl halides is 1. The first-order chi connectivity index (χ1) is 8.48.